The van der Waals surface area contributed by atoms with E-state index in [-0.39, 0.29) is 11.1 Å². The number of nitriles is 2. The highest BCUT2D eigenvalue weighted by atomic mass is 19.4. The second kappa shape index (κ2) is 6.72. The van der Waals surface area contributed by atoms with Gasteiger partial charge in [0.25, 0.3) is 0 Å². The van der Waals surface area contributed by atoms with E-state index in [4.69, 9.17) is 5.73 Å². The third-order valence-electron chi connectivity index (χ3n) is 5.47. The van der Waals surface area contributed by atoms with Crippen molar-refractivity contribution in [2.24, 2.45) is 17.1 Å². The molecular weight excluding hydrogens is 371 g/mol. The zero-order valence-corrected chi connectivity index (χ0v) is 14.6. The molecule has 0 amide bonds. The number of carboxylic acid groups (broad SMARTS) is 1. The van der Waals surface area contributed by atoms with Gasteiger partial charge in [0.1, 0.15) is 0 Å². The molecule has 0 aromatic heterocycles. The maximum Gasteiger partial charge on any atom is 0.416 e. The van der Waals surface area contributed by atoms with Gasteiger partial charge in [-0.25, -0.2) is 4.79 Å². The molecule has 0 saturated heterocycles. The van der Waals surface area contributed by atoms with Crippen LogP contribution in [0.5, 0.6) is 0 Å². The van der Waals surface area contributed by atoms with Crippen LogP contribution in [0.15, 0.2) is 47.2 Å². The second-order valence-corrected chi connectivity index (χ2v) is 6.92. The molecule has 8 heteroatoms. The third-order valence-corrected chi connectivity index (χ3v) is 5.47. The molecular formula is C20H16F3N3O2. The Morgan fingerprint density at radius 1 is 1.29 bits per heavy atom. The Balaban J connectivity index is 2.33. The minimum Gasteiger partial charge on any atom is -0.478 e. The van der Waals surface area contributed by atoms with Crippen LogP contribution in [-0.4, -0.2) is 11.1 Å². The molecule has 144 valence electrons. The second-order valence-electron chi connectivity index (χ2n) is 6.92. The van der Waals surface area contributed by atoms with Crippen LogP contribution in [0.1, 0.15) is 36.3 Å². The normalized spacial score (nSPS) is 23.8. The summed E-state index contributed by atoms with van der Waals surface area (Å²) in [5.74, 6) is -2.94. The molecule has 2 aliphatic carbocycles. The molecule has 5 nitrogen and oxygen atoms in total. The lowest BCUT2D eigenvalue weighted by atomic mass is 9.56. The van der Waals surface area contributed by atoms with E-state index in [1.807, 2.05) is 12.1 Å². The summed E-state index contributed by atoms with van der Waals surface area (Å²) in [5.41, 5.74) is 2.89. The minimum absolute atomic E-state index is 0.142. The van der Waals surface area contributed by atoms with Crippen molar-refractivity contribution in [3.05, 3.63) is 58.3 Å². The molecule has 28 heavy (non-hydrogen) atoms. The number of carboxylic acids is 1. The standard InChI is InChI=1S/C20H16F3N3O2/c21-20(22,23)12-5-3-4-11(8-12)16-14-7-2-1-6-13(14)15(18(27)28)17(26)19(16,9-24)10-25/h3-6,8,14,16H,1-2,7,26H2,(H,27,28)/t14-,16+/m0/s1. The van der Waals surface area contributed by atoms with Crippen LogP contribution in [0.3, 0.4) is 0 Å². The van der Waals surface area contributed by atoms with Crippen molar-refractivity contribution in [2.75, 3.05) is 0 Å². The maximum absolute atomic E-state index is 13.2. The summed E-state index contributed by atoms with van der Waals surface area (Å²) in [7, 11) is 0. The van der Waals surface area contributed by atoms with Gasteiger partial charge in [-0.15, -0.1) is 0 Å². The van der Waals surface area contributed by atoms with Crippen molar-refractivity contribution in [3.8, 4) is 12.1 Å². The highest BCUT2D eigenvalue weighted by Gasteiger charge is 2.55. The first-order valence-corrected chi connectivity index (χ1v) is 8.61. The number of fused-ring (bicyclic) bond motifs is 1. The molecule has 0 saturated carbocycles. The molecule has 3 rings (SSSR count). The number of halogens is 3. The zero-order valence-electron chi connectivity index (χ0n) is 14.6. The van der Waals surface area contributed by atoms with E-state index in [1.54, 1.807) is 6.08 Å². The molecule has 1 aromatic rings. The van der Waals surface area contributed by atoms with E-state index in [2.05, 4.69) is 0 Å². The Morgan fingerprint density at radius 2 is 1.96 bits per heavy atom. The van der Waals surface area contributed by atoms with E-state index in [0.29, 0.717) is 24.8 Å². The number of hydrogen-bond acceptors (Lipinski definition) is 4. The van der Waals surface area contributed by atoms with Crippen molar-refractivity contribution >= 4 is 5.97 Å². The van der Waals surface area contributed by atoms with Crippen LogP contribution < -0.4 is 5.73 Å². The number of aliphatic carboxylic acids is 1. The Hall–Kier alpha value is -3.26. The van der Waals surface area contributed by atoms with Crippen molar-refractivity contribution in [2.45, 2.75) is 31.4 Å². The van der Waals surface area contributed by atoms with Gasteiger partial charge in [0.15, 0.2) is 5.41 Å². The van der Waals surface area contributed by atoms with Crippen molar-refractivity contribution in [3.63, 3.8) is 0 Å². The fourth-order valence-corrected chi connectivity index (χ4v) is 4.27. The zero-order chi connectivity index (χ0) is 20.7. The fourth-order valence-electron chi connectivity index (χ4n) is 4.27. The van der Waals surface area contributed by atoms with Gasteiger partial charge in [0.05, 0.1) is 29.0 Å². The van der Waals surface area contributed by atoms with E-state index in [0.717, 1.165) is 12.1 Å². The van der Waals surface area contributed by atoms with Gasteiger partial charge in [-0.2, -0.15) is 23.7 Å². The smallest absolute Gasteiger partial charge is 0.416 e. The topological polar surface area (TPSA) is 111 Å². The Kier molecular flexibility index (Phi) is 4.68. The van der Waals surface area contributed by atoms with Gasteiger partial charge in [0.2, 0.25) is 0 Å². The number of nitrogens with two attached hydrogens (primary N) is 1. The first-order chi connectivity index (χ1) is 13.2. The molecule has 1 aromatic carbocycles. The summed E-state index contributed by atoms with van der Waals surface area (Å²) in [6.45, 7) is 0. The number of rotatable bonds is 2. The lowest BCUT2D eigenvalue weighted by Crippen LogP contribution is -2.44. The molecule has 3 N–H and O–H groups in total. The number of benzene rings is 1. The average molecular weight is 387 g/mol. The first kappa shape index (κ1) is 19.5. The lowest BCUT2D eigenvalue weighted by molar-refractivity contribution is -0.137. The quantitative estimate of drug-likeness (QED) is 0.800. The molecule has 0 heterocycles. The van der Waals surface area contributed by atoms with Crippen molar-refractivity contribution < 1.29 is 23.1 Å². The predicted octanol–water partition coefficient (Wildman–Crippen LogP) is 3.86. The third kappa shape index (κ3) is 2.82. The van der Waals surface area contributed by atoms with Gasteiger partial charge >= 0.3 is 12.1 Å². The maximum atomic E-state index is 13.2. The molecule has 2 atom stereocenters. The van der Waals surface area contributed by atoms with Crippen LogP contribution in [0.25, 0.3) is 0 Å². The van der Waals surface area contributed by atoms with Crippen LogP contribution >= 0.6 is 0 Å². The molecule has 0 bridgehead atoms. The summed E-state index contributed by atoms with van der Waals surface area (Å²) in [6, 6.07) is 8.12. The SMILES string of the molecule is N#CC1(C#N)C(N)=C(C(=O)O)C2=CCCC[C@@H]2[C@H]1c1cccc(C(F)(F)F)c1. The van der Waals surface area contributed by atoms with Gasteiger partial charge in [-0.05, 0) is 42.4 Å². The number of alkyl halides is 3. The summed E-state index contributed by atoms with van der Waals surface area (Å²) < 4.78 is 39.6. The van der Waals surface area contributed by atoms with Crippen molar-refractivity contribution in [1.82, 2.24) is 0 Å². The average Bonchev–Trinajstić information content (AvgIpc) is 2.66. The number of nitrogens with zero attached hydrogens (tertiary/aromatic N) is 2. The Morgan fingerprint density at radius 3 is 2.54 bits per heavy atom. The van der Waals surface area contributed by atoms with Gasteiger partial charge < -0.3 is 10.8 Å². The van der Waals surface area contributed by atoms with E-state index >= 15 is 0 Å². The highest BCUT2D eigenvalue weighted by molar-refractivity contribution is 5.94. The van der Waals surface area contributed by atoms with E-state index in [9.17, 15) is 33.6 Å². The number of hydrogen-bond donors (Lipinski definition) is 2. The van der Waals surface area contributed by atoms with E-state index in [1.165, 1.54) is 12.1 Å². The monoisotopic (exact) mass is 387 g/mol. The van der Waals surface area contributed by atoms with Gasteiger partial charge in [-0.3, -0.25) is 0 Å². The highest BCUT2D eigenvalue weighted by Crippen LogP contribution is 2.56. The van der Waals surface area contributed by atoms with Crippen LogP contribution in [0.4, 0.5) is 13.2 Å². The summed E-state index contributed by atoms with van der Waals surface area (Å²) in [4.78, 5) is 11.8. The van der Waals surface area contributed by atoms with Crippen molar-refractivity contribution in [1.29, 1.82) is 10.5 Å². The Labute approximate surface area is 159 Å². The Bertz CT molecular complexity index is 966. The summed E-state index contributed by atoms with van der Waals surface area (Å²) in [5, 5.41) is 29.3. The van der Waals surface area contributed by atoms with Gasteiger partial charge in [0, 0.05) is 5.92 Å². The van der Waals surface area contributed by atoms with E-state index < -0.39 is 40.7 Å². The minimum atomic E-state index is -4.59. The van der Waals surface area contributed by atoms with Crippen LogP contribution in [0.2, 0.25) is 0 Å². The molecule has 0 aliphatic heterocycles. The molecule has 0 unspecified atom stereocenters. The summed E-state index contributed by atoms with van der Waals surface area (Å²) >= 11 is 0. The van der Waals surface area contributed by atoms with Gasteiger partial charge in [-0.1, -0.05) is 24.3 Å². The predicted molar refractivity (Wildman–Crippen MR) is 92.1 cm³/mol. The van der Waals surface area contributed by atoms with Crippen LogP contribution in [-0.2, 0) is 11.0 Å². The molecule has 0 spiro atoms. The molecule has 2 aliphatic rings. The fraction of sp³-hybridized carbons (Fsp3) is 0.350. The number of allylic oxidation sites excluding steroid dienone is 2. The molecule has 0 radical (unpaired) electrons. The van der Waals surface area contributed by atoms with Crippen LogP contribution in [0, 0.1) is 34.0 Å². The largest absolute Gasteiger partial charge is 0.478 e. The number of carbonyl (C=O) groups is 1. The molecule has 0 fully saturated rings. The first-order valence-electron chi connectivity index (χ1n) is 8.61. The lowest BCUT2D eigenvalue weighted by Gasteiger charge is -2.43. The summed E-state index contributed by atoms with van der Waals surface area (Å²) in [6.07, 6.45) is -1.18.